The zero-order valence-electron chi connectivity index (χ0n) is 22.6. The fourth-order valence-corrected chi connectivity index (χ4v) is 4.93. The maximum atomic E-state index is 12.7. The summed E-state index contributed by atoms with van der Waals surface area (Å²) in [5, 5.41) is 15.4. The summed E-state index contributed by atoms with van der Waals surface area (Å²) in [6.45, 7) is 7.39. The number of amidine groups is 2. The van der Waals surface area contributed by atoms with Gasteiger partial charge in [-0.05, 0) is 77.7 Å². The fourth-order valence-electron chi connectivity index (χ4n) is 4.13. The van der Waals surface area contributed by atoms with Crippen LogP contribution in [0.15, 0.2) is 88.5 Å². The highest BCUT2D eigenvalue weighted by Gasteiger charge is 2.35. The van der Waals surface area contributed by atoms with E-state index in [1.54, 1.807) is 6.08 Å². The lowest BCUT2D eigenvalue weighted by Crippen LogP contribution is -2.35. The molecule has 0 unspecified atom stereocenters. The number of fused-ring (bicyclic) bond motifs is 1. The van der Waals surface area contributed by atoms with Crippen LogP contribution in [0.25, 0.3) is 6.08 Å². The molecule has 0 bridgehead atoms. The average Bonchev–Trinajstić information content (AvgIpc) is 3.36. The second-order valence-corrected chi connectivity index (χ2v) is 10.6. The van der Waals surface area contributed by atoms with E-state index >= 15 is 0 Å². The molecule has 1 N–H and O–H groups in total. The summed E-state index contributed by atoms with van der Waals surface area (Å²) in [6, 6.07) is 23.0. The largest absolute Gasteiger partial charge is 0.490 e. The number of hydrogen-bond acceptors (Lipinski definition) is 7. The van der Waals surface area contributed by atoms with Crippen LogP contribution in [-0.4, -0.2) is 46.8 Å². The number of aryl methyl sites for hydroxylation is 1. The van der Waals surface area contributed by atoms with Crippen LogP contribution in [0.5, 0.6) is 17.2 Å². The minimum Gasteiger partial charge on any atom is -0.490 e. The fraction of sp³-hybridized carbons (Fsp3) is 0.226. The maximum Gasteiger partial charge on any atom is 0.283 e. The Kier molecular flexibility index (Phi) is 8.31. The van der Waals surface area contributed by atoms with E-state index in [9.17, 15) is 4.79 Å². The van der Waals surface area contributed by atoms with Crippen molar-refractivity contribution in [3.63, 3.8) is 0 Å². The molecule has 0 aromatic heterocycles. The van der Waals surface area contributed by atoms with Crippen molar-refractivity contribution in [1.82, 2.24) is 5.01 Å². The number of amides is 1. The van der Waals surface area contributed by atoms with Crippen molar-refractivity contribution in [2.45, 2.75) is 26.7 Å². The second-order valence-electron chi connectivity index (χ2n) is 9.58. The van der Waals surface area contributed by atoms with Crippen molar-refractivity contribution in [3.05, 3.63) is 95.1 Å². The van der Waals surface area contributed by atoms with Crippen molar-refractivity contribution in [2.75, 3.05) is 19.8 Å². The van der Waals surface area contributed by atoms with Crippen LogP contribution in [0.2, 0.25) is 0 Å². The maximum absolute atomic E-state index is 12.7. The molecule has 0 atom stereocenters. The molecule has 0 radical (unpaired) electrons. The molecule has 204 valence electrons. The first-order chi connectivity index (χ1) is 19.4. The van der Waals surface area contributed by atoms with Gasteiger partial charge in [-0.15, -0.1) is 0 Å². The Balaban J connectivity index is 1.17. The standard InChI is InChI=1S/C31H30N4O4S/c1-20(2)25-14-9-21(3)17-27(25)38-16-15-37-24-12-10-22(11-13-24)18-26-29(32)35-31(33-30(26)36)40-28(34-35)19-39-23-7-5-4-6-8-23/h4-14,17-18,20,32H,15-16,19H2,1-3H3/b26-18-,32-29?. The summed E-state index contributed by atoms with van der Waals surface area (Å²) in [7, 11) is 0. The smallest absolute Gasteiger partial charge is 0.283 e. The Morgan fingerprint density at radius 2 is 1.68 bits per heavy atom. The molecule has 9 heteroatoms. The van der Waals surface area contributed by atoms with Crippen LogP contribution in [0, 0.1) is 12.3 Å². The molecule has 2 aliphatic heterocycles. The summed E-state index contributed by atoms with van der Waals surface area (Å²) in [6.07, 6.45) is 1.64. The summed E-state index contributed by atoms with van der Waals surface area (Å²) in [5.74, 6) is 2.18. The molecule has 0 aliphatic carbocycles. The third kappa shape index (κ3) is 6.43. The Morgan fingerprint density at radius 1 is 0.950 bits per heavy atom. The molecular formula is C31H30N4O4S. The first-order valence-corrected chi connectivity index (χ1v) is 13.8. The quantitative estimate of drug-likeness (QED) is 0.234. The Hall–Kier alpha value is -4.37. The van der Waals surface area contributed by atoms with Gasteiger partial charge in [-0.25, -0.2) is 0 Å². The lowest BCUT2D eigenvalue weighted by atomic mass is 10.0. The van der Waals surface area contributed by atoms with Crippen LogP contribution >= 0.6 is 11.8 Å². The summed E-state index contributed by atoms with van der Waals surface area (Å²) in [4.78, 5) is 16.9. The van der Waals surface area contributed by atoms with Gasteiger partial charge in [0.2, 0.25) is 5.17 Å². The Labute approximate surface area is 237 Å². The Bertz CT molecular complexity index is 1500. The number of nitrogens with zero attached hydrogens (tertiary/aromatic N) is 3. The minimum absolute atomic E-state index is 0.0217. The number of aliphatic imine (C=N–C) groups is 1. The highest BCUT2D eigenvalue weighted by atomic mass is 32.2. The number of benzene rings is 3. The monoisotopic (exact) mass is 554 g/mol. The number of carbonyl (C=O) groups is 1. The molecule has 2 heterocycles. The molecule has 3 aromatic carbocycles. The van der Waals surface area contributed by atoms with Gasteiger partial charge in [-0.2, -0.15) is 15.1 Å². The molecule has 8 nitrogen and oxygen atoms in total. The van der Waals surface area contributed by atoms with Crippen LogP contribution in [0.1, 0.15) is 36.5 Å². The van der Waals surface area contributed by atoms with Gasteiger partial charge in [-0.1, -0.05) is 56.3 Å². The van der Waals surface area contributed by atoms with Crippen LogP contribution in [0.3, 0.4) is 0 Å². The number of hydrazone groups is 1. The lowest BCUT2D eigenvalue weighted by molar-refractivity contribution is -0.114. The minimum atomic E-state index is -0.474. The normalized spacial score (nSPS) is 15.7. The van der Waals surface area contributed by atoms with Gasteiger partial charge >= 0.3 is 0 Å². The lowest BCUT2D eigenvalue weighted by Gasteiger charge is -2.20. The van der Waals surface area contributed by atoms with Gasteiger partial charge in [-0.3, -0.25) is 10.2 Å². The predicted molar refractivity (Wildman–Crippen MR) is 160 cm³/mol. The van der Waals surface area contributed by atoms with E-state index in [-0.39, 0.29) is 18.0 Å². The van der Waals surface area contributed by atoms with Crippen molar-refractivity contribution in [2.24, 2.45) is 10.1 Å². The van der Waals surface area contributed by atoms with E-state index in [0.29, 0.717) is 35.1 Å². The van der Waals surface area contributed by atoms with Crippen LogP contribution in [-0.2, 0) is 4.79 Å². The summed E-state index contributed by atoms with van der Waals surface area (Å²) in [5.41, 5.74) is 3.25. The second kappa shape index (κ2) is 12.2. The van der Waals surface area contributed by atoms with Crippen molar-refractivity contribution >= 4 is 39.8 Å². The predicted octanol–water partition coefficient (Wildman–Crippen LogP) is 6.27. The molecule has 0 saturated heterocycles. The number of para-hydroxylation sites is 1. The van der Waals surface area contributed by atoms with E-state index in [1.807, 2.05) is 54.6 Å². The number of carbonyl (C=O) groups excluding carboxylic acids is 1. The van der Waals surface area contributed by atoms with E-state index in [0.717, 1.165) is 22.6 Å². The third-order valence-corrected chi connectivity index (χ3v) is 7.08. The highest BCUT2D eigenvalue weighted by Crippen LogP contribution is 2.29. The average molecular weight is 555 g/mol. The van der Waals surface area contributed by atoms with Crippen LogP contribution < -0.4 is 14.2 Å². The molecule has 0 spiro atoms. The molecule has 40 heavy (non-hydrogen) atoms. The van der Waals surface area contributed by atoms with Gasteiger partial charge in [0.15, 0.2) is 5.84 Å². The molecule has 0 saturated carbocycles. The van der Waals surface area contributed by atoms with Crippen molar-refractivity contribution in [1.29, 1.82) is 5.41 Å². The molecular weight excluding hydrogens is 524 g/mol. The van der Waals surface area contributed by atoms with Gasteiger partial charge in [0.05, 0.1) is 5.57 Å². The van der Waals surface area contributed by atoms with E-state index in [2.05, 4.69) is 49.1 Å². The van der Waals surface area contributed by atoms with Gasteiger partial charge in [0.1, 0.15) is 42.1 Å². The highest BCUT2D eigenvalue weighted by molar-refractivity contribution is 8.27. The molecule has 5 rings (SSSR count). The zero-order valence-corrected chi connectivity index (χ0v) is 23.4. The number of ether oxygens (including phenoxy) is 3. The molecule has 1 amide bonds. The number of hydrogen-bond donors (Lipinski definition) is 1. The first kappa shape index (κ1) is 27.2. The zero-order chi connectivity index (χ0) is 28.1. The van der Waals surface area contributed by atoms with Crippen molar-refractivity contribution in [3.8, 4) is 17.2 Å². The van der Waals surface area contributed by atoms with Crippen LogP contribution in [0.4, 0.5) is 0 Å². The van der Waals surface area contributed by atoms with Crippen molar-refractivity contribution < 1.29 is 19.0 Å². The van der Waals surface area contributed by atoms with E-state index in [4.69, 9.17) is 19.6 Å². The molecule has 2 aliphatic rings. The molecule has 0 fully saturated rings. The van der Waals surface area contributed by atoms with E-state index in [1.165, 1.54) is 22.3 Å². The summed E-state index contributed by atoms with van der Waals surface area (Å²) < 4.78 is 17.6. The summed E-state index contributed by atoms with van der Waals surface area (Å²) >= 11 is 1.23. The third-order valence-electron chi connectivity index (χ3n) is 6.19. The number of nitrogens with one attached hydrogen (secondary N) is 1. The Morgan fingerprint density at radius 3 is 2.42 bits per heavy atom. The number of thioether (sulfide) groups is 1. The molecule has 3 aromatic rings. The SMILES string of the molecule is Cc1ccc(C(C)C)c(OCCOc2ccc(/C=C3/C(=N)N4N=C(COc5ccccc5)SC4=NC3=O)cc2)c1. The van der Waals surface area contributed by atoms with Gasteiger partial charge in [0.25, 0.3) is 5.91 Å². The van der Waals surface area contributed by atoms with Gasteiger partial charge < -0.3 is 14.2 Å². The number of rotatable bonds is 10. The topological polar surface area (TPSA) is 96.6 Å². The first-order valence-electron chi connectivity index (χ1n) is 13.0. The van der Waals surface area contributed by atoms with Gasteiger partial charge in [0, 0.05) is 0 Å². The van der Waals surface area contributed by atoms with E-state index < -0.39 is 5.91 Å².